The fourth-order valence-electron chi connectivity index (χ4n) is 1.74. The Morgan fingerprint density at radius 2 is 1.38 bits per heavy atom. The van der Waals surface area contributed by atoms with Crippen LogP contribution in [0.4, 0.5) is 11.4 Å². The van der Waals surface area contributed by atoms with Crippen molar-refractivity contribution in [3.05, 3.63) is 58.1 Å². The van der Waals surface area contributed by atoms with Crippen molar-refractivity contribution in [2.45, 2.75) is 13.8 Å². The summed E-state index contributed by atoms with van der Waals surface area (Å²) in [5.41, 5.74) is 3.24. The summed E-state index contributed by atoms with van der Waals surface area (Å²) in [6.07, 6.45) is 0. The number of carbonyl (C=O) groups is 2. The summed E-state index contributed by atoms with van der Waals surface area (Å²) in [4.78, 5) is 23.7. The predicted molar refractivity (Wildman–Crippen MR) is 87.3 cm³/mol. The van der Waals surface area contributed by atoms with Crippen molar-refractivity contribution in [3.8, 4) is 0 Å². The molecule has 2 N–H and O–H groups in total. The minimum Gasteiger partial charge on any atom is -0.318 e. The maximum Gasteiger partial charge on any atom is 0.314 e. The molecule has 0 heterocycles. The summed E-state index contributed by atoms with van der Waals surface area (Å²) >= 11 is 3.38. The molecule has 0 aliphatic carbocycles. The lowest BCUT2D eigenvalue weighted by Crippen LogP contribution is -2.29. The number of nitrogens with one attached hydrogen (secondary N) is 2. The molecule has 5 heteroatoms. The quantitative estimate of drug-likeness (QED) is 0.815. The molecule has 0 aliphatic heterocycles. The van der Waals surface area contributed by atoms with Gasteiger partial charge in [0.1, 0.15) is 0 Å². The van der Waals surface area contributed by atoms with E-state index in [1.807, 2.05) is 32.0 Å². The van der Waals surface area contributed by atoms with Gasteiger partial charge in [0.2, 0.25) is 0 Å². The van der Waals surface area contributed by atoms with Crippen LogP contribution in [0.5, 0.6) is 0 Å². The molecule has 2 aromatic rings. The molecule has 0 atom stereocenters. The average molecular weight is 347 g/mol. The number of aryl methyl sites for hydroxylation is 2. The zero-order valence-corrected chi connectivity index (χ0v) is 13.3. The molecule has 0 unspecified atom stereocenters. The van der Waals surface area contributed by atoms with Crippen LogP contribution in [0.2, 0.25) is 0 Å². The molecule has 2 amide bonds. The molecule has 0 aliphatic rings. The Labute approximate surface area is 131 Å². The molecule has 2 rings (SSSR count). The fraction of sp³-hybridized carbons (Fsp3) is 0.125. The summed E-state index contributed by atoms with van der Waals surface area (Å²) in [6, 6.07) is 12.6. The first-order chi connectivity index (χ1) is 9.95. The molecule has 0 bridgehead atoms. The molecule has 4 nitrogen and oxygen atoms in total. The first-order valence-electron chi connectivity index (χ1n) is 6.41. The Morgan fingerprint density at radius 3 is 1.95 bits per heavy atom. The van der Waals surface area contributed by atoms with Crippen LogP contribution >= 0.6 is 15.9 Å². The number of anilines is 2. The topological polar surface area (TPSA) is 58.2 Å². The highest BCUT2D eigenvalue weighted by Crippen LogP contribution is 2.20. The second kappa shape index (κ2) is 6.54. The highest BCUT2D eigenvalue weighted by Gasteiger charge is 2.14. The fourth-order valence-corrected chi connectivity index (χ4v) is 1.98. The highest BCUT2D eigenvalue weighted by atomic mass is 79.9. The maximum atomic E-state index is 11.8. The predicted octanol–water partition coefficient (Wildman–Crippen LogP) is 3.64. The lowest BCUT2D eigenvalue weighted by atomic mass is 10.2. The van der Waals surface area contributed by atoms with Gasteiger partial charge in [0.25, 0.3) is 0 Å². The van der Waals surface area contributed by atoms with Crippen LogP contribution in [-0.4, -0.2) is 11.8 Å². The Morgan fingerprint density at radius 1 is 0.857 bits per heavy atom. The molecule has 0 radical (unpaired) electrons. The Kier molecular flexibility index (Phi) is 4.75. The third kappa shape index (κ3) is 4.16. The first-order valence-corrected chi connectivity index (χ1v) is 7.20. The monoisotopic (exact) mass is 346 g/mol. The normalized spacial score (nSPS) is 10.0. The van der Waals surface area contributed by atoms with Gasteiger partial charge in [0, 0.05) is 15.8 Å². The van der Waals surface area contributed by atoms with E-state index in [4.69, 9.17) is 0 Å². The molecule has 108 valence electrons. The second-order valence-corrected chi connectivity index (χ2v) is 5.59. The largest absolute Gasteiger partial charge is 0.318 e. The van der Waals surface area contributed by atoms with Gasteiger partial charge in [-0.05, 0) is 49.7 Å². The van der Waals surface area contributed by atoms with E-state index in [9.17, 15) is 9.59 Å². The van der Waals surface area contributed by atoms with Crippen LogP contribution in [0.25, 0.3) is 0 Å². The van der Waals surface area contributed by atoms with E-state index in [0.29, 0.717) is 11.4 Å². The average Bonchev–Trinajstić information content (AvgIpc) is 2.45. The van der Waals surface area contributed by atoms with Gasteiger partial charge < -0.3 is 10.6 Å². The van der Waals surface area contributed by atoms with Gasteiger partial charge in [0.05, 0.1) is 0 Å². The summed E-state index contributed by atoms with van der Waals surface area (Å²) in [7, 11) is 0. The van der Waals surface area contributed by atoms with E-state index in [-0.39, 0.29) is 0 Å². The van der Waals surface area contributed by atoms with E-state index in [1.54, 1.807) is 24.3 Å². The van der Waals surface area contributed by atoms with E-state index < -0.39 is 11.8 Å². The van der Waals surface area contributed by atoms with Crippen molar-refractivity contribution < 1.29 is 9.59 Å². The molecule has 21 heavy (non-hydrogen) atoms. The van der Waals surface area contributed by atoms with Crippen molar-refractivity contribution in [3.63, 3.8) is 0 Å². The zero-order valence-electron chi connectivity index (χ0n) is 11.7. The number of halogens is 1. The number of benzene rings is 2. The van der Waals surface area contributed by atoms with E-state index in [2.05, 4.69) is 26.6 Å². The minimum atomic E-state index is -0.697. The Hall–Kier alpha value is -2.14. The molecule has 0 saturated carbocycles. The Balaban J connectivity index is 2.00. The third-order valence-corrected chi connectivity index (χ3v) is 3.82. The molecular weight excluding hydrogens is 332 g/mol. The van der Waals surface area contributed by atoms with Crippen molar-refractivity contribution in [2.24, 2.45) is 0 Å². The van der Waals surface area contributed by atoms with Crippen LogP contribution in [-0.2, 0) is 9.59 Å². The molecule has 0 saturated heterocycles. The number of amides is 2. The molecule has 2 aromatic carbocycles. The van der Waals surface area contributed by atoms with Crippen molar-refractivity contribution in [1.29, 1.82) is 0 Å². The third-order valence-electron chi connectivity index (χ3n) is 2.93. The van der Waals surface area contributed by atoms with E-state index in [1.165, 1.54) is 0 Å². The summed E-state index contributed by atoms with van der Waals surface area (Å²) < 4.78 is 0.949. The van der Waals surface area contributed by atoms with Crippen molar-refractivity contribution in [1.82, 2.24) is 0 Å². The van der Waals surface area contributed by atoms with Gasteiger partial charge >= 0.3 is 11.8 Å². The standard InChI is InChI=1S/C16H15BrN2O2/c1-10-3-5-12(6-4-10)18-15(20)16(21)19-13-7-8-14(17)11(2)9-13/h3-9H,1-2H3,(H,18,20)(H,19,21). The van der Waals surface area contributed by atoms with E-state index >= 15 is 0 Å². The molecule has 0 spiro atoms. The lowest BCUT2D eigenvalue weighted by molar-refractivity contribution is -0.132. The van der Waals surface area contributed by atoms with Gasteiger partial charge in [-0.2, -0.15) is 0 Å². The smallest absolute Gasteiger partial charge is 0.314 e. The SMILES string of the molecule is Cc1ccc(NC(=O)C(=O)Nc2ccc(Br)c(C)c2)cc1. The van der Waals surface area contributed by atoms with Crippen LogP contribution in [0, 0.1) is 13.8 Å². The number of hydrogen-bond acceptors (Lipinski definition) is 2. The summed E-state index contributed by atoms with van der Waals surface area (Å²) in [5, 5.41) is 5.12. The number of carbonyl (C=O) groups excluding carboxylic acids is 2. The molecule has 0 fully saturated rings. The van der Waals surface area contributed by atoms with E-state index in [0.717, 1.165) is 15.6 Å². The van der Waals surface area contributed by atoms with Crippen LogP contribution in [0.1, 0.15) is 11.1 Å². The van der Waals surface area contributed by atoms with Crippen LogP contribution in [0.3, 0.4) is 0 Å². The molecular formula is C16H15BrN2O2. The Bertz CT molecular complexity index is 681. The van der Waals surface area contributed by atoms with Crippen LogP contribution in [0.15, 0.2) is 46.9 Å². The van der Waals surface area contributed by atoms with Gasteiger partial charge in [0.15, 0.2) is 0 Å². The van der Waals surface area contributed by atoms with Crippen LogP contribution < -0.4 is 10.6 Å². The zero-order chi connectivity index (χ0) is 15.4. The maximum absolute atomic E-state index is 11.8. The highest BCUT2D eigenvalue weighted by molar-refractivity contribution is 9.10. The first kappa shape index (κ1) is 15.3. The molecule has 0 aromatic heterocycles. The van der Waals surface area contributed by atoms with Gasteiger partial charge in [-0.1, -0.05) is 33.6 Å². The van der Waals surface area contributed by atoms with Crippen molar-refractivity contribution >= 4 is 39.1 Å². The van der Waals surface area contributed by atoms with Gasteiger partial charge in [-0.25, -0.2) is 0 Å². The summed E-state index contributed by atoms with van der Waals surface area (Å²) in [5.74, 6) is -1.39. The lowest BCUT2D eigenvalue weighted by Gasteiger charge is -2.08. The van der Waals surface area contributed by atoms with Gasteiger partial charge in [-0.3, -0.25) is 9.59 Å². The minimum absolute atomic E-state index is 0.583. The summed E-state index contributed by atoms with van der Waals surface area (Å²) in [6.45, 7) is 3.86. The van der Waals surface area contributed by atoms with Gasteiger partial charge in [-0.15, -0.1) is 0 Å². The van der Waals surface area contributed by atoms with Crippen molar-refractivity contribution in [2.75, 3.05) is 10.6 Å². The number of hydrogen-bond donors (Lipinski definition) is 2. The number of rotatable bonds is 2. The second-order valence-electron chi connectivity index (χ2n) is 4.74.